The number of pyridine rings is 1. The summed E-state index contributed by atoms with van der Waals surface area (Å²) in [7, 11) is 0. The Morgan fingerprint density at radius 2 is 1.66 bits per heavy atom. The molecular formula is C21H24N2O6. The first-order chi connectivity index (χ1) is 13.6. The average molecular weight is 400 g/mol. The second-order valence-electron chi connectivity index (χ2n) is 7.55. The number of rotatable bonds is 7. The van der Waals surface area contributed by atoms with Crippen LogP contribution < -0.4 is 5.32 Å². The van der Waals surface area contributed by atoms with E-state index in [1.54, 1.807) is 51.1 Å². The Labute approximate surface area is 168 Å². The fourth-order valence-electron chi connectivity index (χ4n) is 2.85. The van der Waals surface area contributed by atoms with E-state index >= 15 is 0 Å². The number of nitrogens with one attached hydrogen (secondary N) is 1. The molecule has 0 aliphatic rings. The van der Waals surface area contributed by atoms with Gasteiger partial charge in [-0.1, -0.05) is 36.4 Å². The van der Waals surface area contributed by atoms with Crippen molar-refractivity contribution in [2.45, 2.75) is 38.7 Å². The van der Waals surface area contributed by atoms with E-state index in [0.717, 1.165) is 5.56 Å². The van der Waals surface area contributed by atoms with Gasteiger partial charge in [-0.05, 0) is 44.4 Å². The summed E-state index contributed by atoms with van der Waals surface area (Å²) < 4.78 is 5.15. The summed E-state index contributed by atoms with van der Waals surface area (Å²) in [5, 5.41) is 21.4. The normalized spacial score (nSPS) is 12.3. The molecule has 3 N–H and O–H groups in total. The molecule has 1 aromatic carbocycles. The highest BCUT2D eigenvalue weighted by Crippen LogP contribution is 2.30. The second-order valence-corrected chi connectivity index (χ2v) is 7.55. The van der Waals surface area contributed by atoms with Gasteiger partial charge in [0.2, 0.25) is 0 Å². The highest BCUT2D eigenvalue weighted by Gasteiger charge is 2.36. The first kappa shape index (κ1) is 21.9. The van der Waals surface area contributed by atoms with E-state index in [4.69, 9.17) is 4.74 Å². The topological polar surface area (TPSA) is 126 Å². The van der Waals surface area contributed by atoms with Crippen LogP contribution in [0.5, 0.6) is 0 Å². The van der Waals surface area contributed by atoms with E-state index in [1.165, 1.54) is 12.3 Å². The minimum Gasteiger partial charge on any atom is -0.481 e. The SMILES string of the molecule is CC(C)(C)OC(=O)Nc1ccc(C(Cc2ccccc2)C(C(=O)O)C(=O)O)cn1. The van der Waals surface area contributed by atoms with Crippen LogP contribution in [0.3, 0.4) is 0 Å². The molecule has 0 aliphatic carbocycles. The van der Waals surface area contributed by atoms with E-state index < -0.39 is 35.5 Å². The maximum absolute atomic E-state index is 11.8. The molecule has 8 heteroatoms. The fraction of sp³-hybridized carbons (Fsp3) is 0.333. The van der Waals surface area contributed by atoms with Gasteiger partial charge in [-0.25, -0.2) is 9.78 Å². The molecule has 0 saturated heterocycles. The van der Waals surface area contributed by atoms with Crippen molar-refractivity contribution in [1.29, 1.82) is 0 Å². The molecule has 8 nitrogen and oxygen atoms in total. The molecule has 0 radical (unpaired) electrons. The molecule has 1 heterocycles. The van der Waals surface area contributed by atoms with Crippen molar-refractivity contribution in [3.05, 3.63) is 59.8 Å². The van der Waals surface area contributed by atoms with Gasteiger partial charge in [-0.15, -0.1) is 0 Å². The summed E-state index contributed by atoms with van der Waals surface area (Å²) in [4.78, 5) is 39.2. The van der Waals surface area contributed by atoms with Crippen molar-refractivity contribution in [2.24, 2.45) is 5.92 Å². The van der Waals surface area contributed by atoms with Crippen molar-refractivity contribution in [1.82, 2.24) is 4.98 Å². The van der Waals surface area contributed by atoms with E-state index in [2.05, 4.69) is 10.3 Å². The van der Waals surface area contributed by atoms with Gasteiger partial charge in [0.15, 0.2) is 5.92 Å². The molecule has 1 atom stereocenters. The van der Waals surface area contributed by atoms with Crippen molar-refractivity contribution < 1.29 is 29.3 Å². The highest BCUT2D eigenvalue weighted by atomic mass is 16.6. The zero-order chi connectivity index (χ0) is 21.6. The van der Waals surface area contributed by atoms with E-state index in [9.17, 15) is 24.6 Å². The van der Waals surface area contributed by atoms with E-state index in [1.807, 2.05) is 6.07 Å². The lowest BCUT2D eigenvalue weighted by Crippen LogP contribution is -2.31. The third-order valence-corrected chi connectivity index (χ3v) is 4.08. The first-order valence-corrected chi connectivity index (χ1v) is 9.02. The van der Waals surface area contributed by atoms with Gasteiger partial charge in [-0.2, -0.15) is 0 Å². The Balaban J connectivity index is 2.27. The maximum Gasteiger partial charge on any atom is 0.413 e. The van der Waals surface area contributed by atoms with Crippen molar-refractivity contribution in [3.8, 4) is 0 Å². The summed E-state index contributed by atoms with van der Waals surface area (Å²) in [5.41, 5.74) is 0.584. The molecule has 1 aromatic heterocycles. The van der Waals surface area contributed by atoms with Crippen LogP contribution in [0.1, 0.15) is 37.8 Å². The predicted molar refractivity (Wildman–Crippen MR) is 106 cm³/mol. The number of hydrogen-bond acceptors (Lipinski definition) is 5. The zero-order valence-electron chi connectivity index (χ0n) is 16.5. The van der Waals surface area contributed by atoms with Crippen LogP contribution in [0.4, 0.5) is 10.6 Å². The summed E-state index contributed by atoms with van der Waals surface area (Å²) >= 11 is 0. The minimum absolute atomic E-state index is 0.212. The molecule has 0 fully saturated rings. The lowest BCUT2D eigenvalue weighted by atomic mass is 9.82. The van der Waals surface area contributed by atoms with Crippen molar-refractivity contribution >= 4 is 23.8 Å². The number of carbonyl (C=O) groups excluding carboxylic acids is 1. The number of carboxylic acid groups (broad SMARTS) is 2. The maximum atomic E-state index is 11.8. The Bertz CT molecular complexity index is 845. The number of aliphatic carboxylic acids is 2. The summed E-state index contributed by atoms with van der Waals surface area (Å²) in [6.07, 6.45) is 0.914. The highest BCUT2D eigenvalue weighted by molar-refractivity contribution is 5.94. The van der Waals surface area contributed by atoms with Gasteiger partial charge in [0.1, 0.15) is 11.4 Å². The number of carboxylic acids is 2. The van der Waals surface area contributed by atoms with Crippen LogP contribution in [0.15, 0.2) is 48.7 Å². The number of anilines is 1. The summed E-state index contributed by atoms with van der Waals surface area (Å²) in [6.45, 7) is 5.19. The molecule has 2 rings (SSSR count). The monoisotopic (exact) mass is 400 g/mol. The molecule has 1 unspecified atom stereocenters. The number of nitrogens with zero attached hydrogens (tertiary/aromatic N) is 1. The minimum atomic E-state index is -1.64. The van der Waals surface area contributed by atoms with Gasteiger partial charge in [0.05, 0.1) is 0 Å². The lowest BCUT2D eigenvalue weighted by molar-refractivity contribution is -0.155. The number of aromatic nitrogens is 1. The van der Waals surface area contributed by atoms with Crippen LogP contribution in [0, 0.1) is 5.92 Å². The number of hydrogen-bond donors (Lipinski definition) is 3. The molecule has 0 spiro atoms. The van der Waals surface area contributed by atoms with Gasteiger partial charge in [0, 0.05) is 12.1 Å². The zero-order valence-corrected chi connectivity index (χ0v) is 16.5. The smallest absolute Gasteiger partial charge is 0.413 e. The third-order valence-electron chi connectivity index (χ3n) is 4.08. The molecule has 0 bridgehead atoms. The second kappa shape index (κ2) is 9.18. The van der Waals surface area contributed by atoms with Crippen molar-refractivity contribution in [3.63, 3.8) is 0 Å². The summed E-state index contributed by atoms with van der Waals surface area (Å²) in [5.74, 6) is -5.11. The quantitative estimate of drug-likeness (QED) is 0.607. The lowest BCUT2D eigenvalue weighted by Gasteiger charge is -2.22. The Morgan fingerprint density at radius 1 is 1.03 bits per heavy atom. The average Bonchev–Trinajstić information content (AvgIpc) is 2.60. The number of carbonyl (C=O) groups is 3. The van der Waals surface area contributed by atoms with Gasteiger partial charge >= 0.3 is 18.0 Å². The first-order valence-electron chi connectivity index (χ1n) is 9.02. The van der Waals surface area contributed by atoms with Gasteiger partial charge in [0.25, 0.3) is 0 Å². The van der Waals surface area contributed by atoms with E-state index in [-0.39, 0.29) is 12.2 Å². The third kappa shape index (κ3) is 6.60. The van der Waals surface area contributed by atoms with Crippen LogP contribution in [-0.2, 0) is 20.7 Å². The van der Waals surface area contributed by atoms with Crippen LogP contribution in [0.25, 0.3) is 0 Å². The predicted octanol–water partition coefficient (Wildman–Crippen LogP) is 3.54. The van der Waals surface area contributed by atoms with Crippen LogP contribution in [0.2, 0.25) is 0 Å². The molecule has 154 valence electrons. The fourth-order valence-corrected chi connectivity index (χ4v) is 2.85. The number of ether oxygens (including phenoxy) is 1. The van der Waals surface area contributed by atoms with Gasteiger partial charge in [-0.3, -0.25) is 14.9 Å². The molecule has 0 aliphatic heterocycles. The number of amides is 1. The largest absolute Gasteiger partial charge is 0.481 e. The van der Waals surface area contributed by atoms with Gasteiger partial charge < -0.3 is 14.9 Å². The molecule has 1 amide bonds. The number of benzene rings is 1. The summed E-state index contributed by atoms with van der Waals surface area (Å²) in [6, 6.07) is 12.1. The molecular weight excluding hydrogens is 376 g/mol. The Kier molecular flexibility index (Phi) is 6.93. The molecule has 0 saturated carbocycles. The van der Waals surface area contributed by atoms with Crippen LogP contribution in [-0.4, -0.2) is 38.8 Å². The van der Waals surface area contributed by atoms with Crippen molar-refractivity contribution in [2.75, 3.05) is 5.32 Å². The van der Waals surface area contributed by atoms with E-state index in [0.29, 0.717) is 5.56 Å². The Hall–Kier alpha value is -3.42. The molecule has 2 aromatic rings. The molecule has 29 heavy (non-hydrogen) atoms. The Morgan fingerprint density at radius 3 is 2.14 bits per heavy atom. The van der Waals surface area contributed by atoms with Crippen LogP contribution >= 0.6 is 0 Å². The standard InChI is InChI=1S/C21H24N2O6/c1-21(2,3)29-20(28)23-16-10-9-14(12-22-16)15(17(18(24)25)19(26)27)11-13-7-5-4-6-8-13/h4-10,12,15,17H,11H2,1-3H3,(H,24,25)(H,26,27)(H,22,23,28).